The van der Waals surface area contributed by atoms with E-state index in [2.05, 4.69) is 11.0 Å². The molecule has 5 heteroatoms. The molecular formula is C10H10N2O2S. The summed E-state index contributed by atoms with van der Waals surface area (Å²) < 4.78 is 29.7. The summed E-state index contributed by atoms with van der Waals surface area (Å²) in [5.41, 5.74) is 0.975. The first-order valence-electron chi connectivity index (χ1n) is 4.58. The van der Waals surface area contributed by atoms with Gasteiger partial charge >= 0.3 is 0 Å². The maximum atomic E-state index is 11.6. The van der Waals surface area contributed by atoms with Gasteiger partial charge in [0.15, 0.2) is 0 Å². The van der Waals surface area contributed by atoms with Crippen LogP contribution < -0.4 is 4.83 Å². The number of sulfonamides is 1. The van der Waals surface area contributed by atoms with Crippen LogP contribution >= 0.6 is 0 Å². The molecule has 0 spiro atoms. The van der Waals surface area contributed by atoms with E-state index in [0.717, 1.165) is 11.8 Å². The standard InChI is InChI=1S/C10H10N2O2S/c1-3-8-11-12-15(13,14)10-6-4-9(2)5-7-10/h1,4-8,12H,2H3/b11-8+/i1D. The highest BCUT2D eigenvalue weighted by atomic mass is 32.2. The first kappa shape index (κ1) is 9.74. The van der Waals surface area contributed by atoms with Crippen LogP contribution in [0.2, 0.25) is 0 Å². The Bertz CT molecular complexity index is 538. The first-order valence-corrected chi connectivity index (χ1v) is 5.57. The van der Waals surface area contributed by atoms with Crippen LogP contribution in [0, 0.1) is 19.2 Å². The second kappa shape index (κ2) is 4.62. The molecule has 0 aliphatic carbocycles. The van der Waals surface area contributed by atoms with Crippen molar-refractivity contribution in [3.63, 3.8) is 0 Å². The minimum Gasteiger partial charge on any atom is -0.200 e. The average molecular weight is 223 g/mol. The van der Waals surface area contributed by atoms with Crippen LogP contribution in [-0.4, -0.2) is 14.6 Å². The summed E-state index contributed by atoms with van der Waals surface area (Å²) in [4.78, 5) is 2.12. The number of hydrogen-bond acceptors (Lipinski definition) is 3. The maximum absolute atomic E-state index is 11.6. The van der Waals surface area contributed by atoms with Gasteiger partial charge in [-0.2, -0.15) is 18.4 Å². The number of nitrogens with zero attached hydrogens (tertiary/aromatic N) is 1. The number of hydrogen-bond donors (Lipinski definition) is 1. The van der Waals surface area contributed by atoms with Crippen molar-refractivity contribution in [1.29, 1.82) is 0 Å². The van der Waals surface area contributed by atoms with Gasteiger partial charge in [-0.3, -0.25) is 0 Å². The second-order valence-electron chi connectivity index (χ2n) is 2.81. The predicted molar refractivity (Wildman–Crippen MR) is 58.8 cm³/mol. The SMILES string of the molecule is [2H]C#C/C=N/NS(=O)(=O)c1ccc(C)cc1. The zero-order chi connectivity index (χ0) is 12.0. The van der Waals surface area contributed by atoms with Crippen molar-refractivity contribution < 1.29 is 9.79 Å². The third-order valence-electron chi connectivity index (χ3n) is 1.63. The van der Waals surface area contributed by atoms with Crippen LogP contribution in [-0.2, 0) is 10.0 Å². The van der Waals surface area contributed by atoms with Gasteiger partial charge in [0.1, 0.15) is 1.37 Å². The van der Waals surface area contributed by atoms with E-state index in [1.165, 1.54) is 12.1 Å². The van der Waals surface area contributed by atoms with Gasteiger partial charge in [0.25, 0.3) is 10.0 Å². The van der Waals surface area contributed by atoms with Crippen molar-refractivity contribution in [3.8, 4) is 12.3 Å². The molecule has 0 aliphatic heterocycles. The minimum atomic E-state index is -3.63. The lowest BCUT2D eigenvalue weighted by Crippen LogP contribution is -2.18. The number of nitrogens with one attached hydrogen (secondary N) is 1. The molecule has 0 saturated heterocycles. The van der Waals surface area contributed by atoms with E-state index in [9.17, 15) is 8.42 Å². The molecule has 0 atom stereocenters. The molecule has 0 heterocycles. The minimum absolute atomic E-state index is 0.133. The number of aryl methyl sites for hydroxylation is 1. The van der Waals surface area contributed by atoms with Crippen molar-refractivity contribution in [2.24, 2.45) is 5.10 Å². The van der Waals surface area contributed by atoms with Gasteiger partial charge < -0.3 is 0 Å². The summed E-state index contributed by atoms with van der Waals surface area (Å²) in [6, 6.07) is 6.37. The number of benzene rings is 1. The fraction of sp³-hybridized carbons (Fsp3) is 0.100. The van der Waals surface area contributed by atoms with Crippen molar-refractivity contribution >= 4 is 16.2 Å². The molecule has 0 amide bonds. The third kappa shape index (κ3) is 3.11. The summed E-state index contributed by atoms with van der Waals surface area (Å²) in [5, 5.41) is 3.38. The van der Waals surface area contributed by atoms with Gasteiger partial charge in [-0.1, -0.05) is 23.6 Å². The van der Waals surface area contributed by atoms with Gasteiger partial charge in [0.05, 0.1) is 11.1 Å². The van der Waals surface area contributed by atoms with Crippen molar-refractivity contribution in [2.45, 2.75) is 11.8 Å². The molecule has 0 fully saturated rings. The average Bonchev–Trinajstić information content (AvgIpc) is 2.25. The highest BCUT2D eigenvalue weighted by Crippen LogP contribution is 2.09. The summed E-state index contributed by atoms with van der Waals surface area (Å²) in [5.74, 6) is 2.18. The van der Waals surface area contributed by atoms with E-state index in [0.29, 0.717) is 0 Å². The van der Waals surface area contributed by atoms with Gasteiger partial charge in [-0.15, -0.1) is 6.40 Å². The fourth-order valence-electron chi connectivity index (χ4n) is 0.898. The Kier molecular flexibility index (Phi) is 3.00. The number of terminal acetylenes is 1. The predicted octanol–water partition coefficient (Wildman–Crippen LogP) is 0.892. The summed E-state index contributed by atoms with van der Waals surface area (Å²) in [7, 11) is -3.63. The van der Waals surface area contributed by atoms with Crippen LogP contribution in [0.15, 0.2) is 34.3 Å². The number of rotatable bonds is 3. The first-order chi connectivity index (χ1) is 7.56. The Morgan fingerprint density at radius 1 is 1.53 bits per heavy atom. The van der Waals surface area contributed by atoms with Gasteiger partial charge in [-0.25, -0.2) is 0 Å². The molecule has 1 aromatic carbocycles. The number of hydrazone groups is 1. The molecular weight excluding hydrogens is 212 g/mol. The van der Waals surface area contributed by atoms with Crippen LogP contribution in [0.5, 0.6) is 0 Å². The zero-order valence-electron chi connectivity index (χ0n) is 9.06. The van der Waals surface area contributed by atoms with E-state index >= 15 is 0 Å². The highest BCUT2D eigenvalue weighted by Gasteiger charge is 2.11. The van der Waals surface area contributed by atoms with Gasteiger partial charge in [-0.05, 0) is 19.1 Å². The van der Waals surface area contributed by atoms with E-state index < -0.39 is 10.0 Å². The maximum Gasteiger partial charge on any atom is 0.276 e. The van der Waals surface area contributed by atoms with Crippen molar-refractivity contribution in [2.75, 3.05) is 0 Å². The van der Waals surface area contributed by atoms with Crippen LogP contribution in [0.25, 0.3) is 0 Å². The molecule has 1 aromatic rings. The third-order valence-corrected chi connectivity index (χ3v) is 2.87. The molecule has 15 heavy (non-hydrogen) atoms. The molecule has 0 aliphatic rings. The largest absolute Gasteiger partial charge is 0.276 e. The van der Waals surface area contributed by atoms with Crippen molar-refractivity contribution in [1.82, 2.24) is 4.83 Å². The van der Waals surface area contributed by atoms with Crippen molar-refractivity contribution in [3.05, 3.63) is 29.8 Å². The van der Waals surface area contributed by atoms with Gasteiger partial charge in [0, 0.05) is 0 Å². The Morgan fingerprint density at radius 3 is 2.80 bits per heavy atom. The lowest BCUT2D eigenvalue weighted by atomic mass is 10.2. The quantitative estimate of drug-likeness (QED) is 0.470. The Balaban J connectivity index is 2.85. The molecule has 0 aromatic heterocycles. The van der Waals surface area contributed by atoms with E-state index in [4.69, 9.17) is 1.37 Å². The Morgan fingerprint density at radius 2 is 2.20 bits per heavy atom. The molecule has 0 unspecified atom stereocenters. The van der Waals surface area contributed by atoms with Crippen LogP contribution in [0.3, 0.4) is 0 Å². The van der Waals surface area contributed by atoms with E-state index in [-0.39, 0.29) is 4.90 Å². The topological polar surface area (TPSA) is 58.5 Å². The monoisotopic (exact) mass is 223 g/mol. The lowest BCUT2D eigenvalue weighted by Gasteiger charge is -2.02. The normalized spacial score (nSPS) is 11.7. The van der Waals surface area contributed by atoms with E-state index in [1.807, 2.05) is 18.2 Å². The molecule has 0 saturated carbocycles. The fourth-order valence-corrected chi connectivity index (χ4v) is 1.69. The molecule has 78 valence electrons. The summed E-state index contributed by atoms with van der Waals surface area (Å²) >= 11 is 0. The lowest BCUT2D eigenvalue weighted by molar-refractivity contribution is 0.584. The molecule has 1 rings (SSSR count). The Labute approximate surface area is 90.5 Å². The molecule has 0 radical (unpaired) electrons. The second-order valence-corrected chi connectivity index (χ2v) is 4.47. The molecule has 0 bridgehead atoms. The van der Waals surface area contributed by atoms with Crippen LogP contribution in [0.1, 0.15) is 6.93 Å². The summed E-state index contributed by atoms with van der Waals surface area (Å²) in [6.45, 7) is 1.87. The zero-order valence-corrected chi connectivity index (χ0v) is 8.88. The molecule has 4 nitrogen and oxygen atoms in total. The van der Waals surface area contributed by atoms with Crippen LogP contribution in [0.4, 0.5) is 0 Å². The van der Waals surface area contributed by atoms with E-state index in [1.54, 1.807) is 12.1 Å². The highest BCUT2D eigenvalue weighted by molar-refractivity contribution is 7.89. The molecule has 1 N–H and O–H groups in total. The smallest absolute Gasteiger partial charge is 0.200 e. The van der Waals surface area contributed by atoms with Gasteiger partial charge in [0.2, 0.25) is 0 Å². The Hall–Kier alpha value is -1.80. The summed E-state index contributed by atoms with van der Waals surface area (Å²) in [6.07, 6.45) is 2.83.